The summed E-state index contributed by atoms with van der Waals surface area (Å²) in [6.45, 7) is 2.88. The summed E-state index contributed by atoms with van der Waals surface area (Å²) in [5, 5.41) is 4.02. The van der Waals surface area contributed by atoms with Crippen LogP contribution in [0.2, 0.25) is 5.02 Å². The number of anilines is 4. The van der Waals surface area contributed by atoms with E-state index < -0.39 is 0 Å². The Morgan fingerprint density at radius 3 is 2.80 bits per heavy atom. The van der Waals surface area contributed by atoms with Gasteiger partial charge in [-0.3, -0.25) is 0 Å². The zero-order valence-corrected chi connectivity index (χ0v) is 14.8. The number of hydrogen-bond acceptors (Lipinski definition) is 4. The van der Waals surface area contributed by atoms with Crippen molar-refractivity contribution in [3.05, 3.63) is 71.0 Å². The molecule has 2 heterocycles. The summed E-state index contributed by atoms with van der Waals surface area (Å²) < 4.78 is 0. The van der Waals surface area contributed by atoms with Crippen LogP contribution in [-0.2, 0) is 6.42 Å². The van der Waals surface area contributed by atoms with Crippen LogP contribution in [0.15, 0.2) is 54.6 Å². The van der Waals surface area contributed by atoms with Crippen molar-refractivity contribution in [3.8, 4) is 0 Å². The summed E-state index contributed by atoms with van der Waals surface area (Å²) >= 11 is 6.07. The number of para-hydroxylation sites is 1. The normalized spacial score (nSPS) is 13.4. The topological polar surface area (TPSA) is 41.1 Å². The van der Waals surface area contributed by atoms with E-state index in [2.05, 4.69) is 44.5 Å². The largest absolute Gasteiger partial charge is 0.340 e. The fraction of sp³-hybridized carbons (Fsp3) is 0.200. The average molecular weight is 351 g/mol. The monoisotopic (exact) mass is 350 g/mol. The quantitative estimate of drug-likeness (QED) is 0.699. The van der Waals surface area contributed by atoms with Gasteiger partial charge in [-0.05, 0) is 49.6 Å². The molecular weight excluding hydrogens is 332 g/mol. The number of halogens is 1. The van der Waals surface area contributed by atoms with E-state index in [4.69, 9.17) is 11.6 Å². The third-order valence-corrected chi connectivity index (χ3v) is 4.54. The van der Waals surface area contributed by atoms with Crippen LogP contribution in [0, 0.1) is 6.92 Å². The molecule has 3 aromatic rings. The van der Waals surface area contributed by atoms with Crippen molar-refractivity contribution in [1.82, 2.24) is 9.97 Å². The number of aryl methyl sites for hydroxylation is 2. The van der Waals surface area contributed by atoms with Crippen molar-refractivity contribution in [2.24, 2.45) is 0 Å². The minimum absolute atomic E-state index is 0.695. The standard InChI is InChI=1S/C20H19ClN4/c1-14-22-19(24-17-9-4-8-16(21)12-17)13-20(23-14)25-11-5-7-15-6-2-3-10-18(15)25/h2-4,6,8-10,12-13H,5,7,11H2,1H3,(H,22,23,24). The van der Waals surface area contributed by atoms with Crippen molar-refractivity contribution in [1.29, 1.82) is 0 Å². The Morgan fingerprint density at radius 1 is 1.04 bits per heavy atom. The van der Waals surface area contributed by atoms with Gasteiger partial charge in [-0.25, -0.2) is 9.97 Å². The van der Waals surface area contributed by atoms with Crippen LogP contribution in [0.1, 0.15) is 17.8 Å². The molecule has 0 unspecified atom stereocenters. The molecule has 4 rings (SSSR count). The molecule has 1 aromatic heterocycles. The molecule has 1 aliphatic rings. The molecule has 0 spiro atoms. The first-order chi connectivity index (χ1) is 12.2. The molecular formula is C20H19ClN4. The smallest absolute Gasteiger partial charge is 0.138 e. The molecule has 5 heteroatoms. The van der Waals surface area contributed by atoms with Crippen molar-refractivity contribution in [2.75, 3.05) is 16.8 Å². The Hall–Kier alpha value is -2.59. The second-order valence-corrected chi connectivity index (χ2v) is 6.61. The van der Waals surface area contributed by atoms with Gasteiger partial charge < -0.3 is 10.2 Å². The van der Waals surface area contributed by atoms with Crippen LogP contribution in [0.5, 0.6) is 0 Å². The summed E-state index contributed by atoms with van der Waals surface area (Å²) in [4.78, 5) is 11.5. The number of nitrogens with one attached hydrogen (secondary N) is 1. The highest BCUT2D eigenvalue weighted by molar-refractivity contribution is 6.30. The predicted molar refractivity (Wildman–Crippen MR) is 103 cm³/mol. The number of rotatable bonds is 3. The maximum absolute atomic E-state index is 6.07. The second kappa shape index (κ2) is 6.73. The number of benzene rings is 2. The first-order valence-electron chi connectivity index (χ1n) is 8.43. The highest BCUT2D eigenvalue weighted by Crippen LogP contribution is 2.33. The molecule has 4 nitrogen and oxygen atoms in total. The second-order valence-electron chi connectivity index (χ2n) is 6.18. The molecule has 0 fully saturated rings. The van der Waals surface area contributed by atoms with Gasteiger partial charge >= 0.3 is 0 Å². The number of fused-ring (bicyclic) bond motifs is 1. The Bertz CT molecular complexity index is 910. The maximum Gasteiger partial charge on any atom is 0.138 e. The van der Waals surface area contributed by atoms with Gasteiger partial charge in [0, 0.05) is 29.0 Å². The fourth-order valence-electron chi connectivity index (χ4n) is 3.24. The van der Waals surface area contributed by atoms with E-state index in [1.54, 1.807) is 0 Å². The van der Waals surface area contributed by atoms with Gasteiger partial charge in [0.25, 0.3) is 0 Å². The van der Waals surface area contributed by atoms with Crippen molar-refractivity contribution in [2.45, 2.75) is 19.8 Å². The predicted octanol–water partition coefficient (Wildman–Crippen LogP) is 5.27. The zero-order chi connectivity index (χ0) is 17.2. The van der Waals surface area contributed by atoms with Crippen molar-refractivity contribution in [3.63, 3.8) is 0 Å². The molecule has 0 atom stereocenters. The summed E-state index contributed by atoms with van der Waals surface area (Å²) in [5.74, 6) is 2.43. The van der Waals surface area contributed by atoms with Gasteiger partial charge in [0.15, 0.2) is 0 Å². The Balaban J connectivity index is 1.69. The van der Waals surface area contributed by atoms with Gasteiger partial charge in [-0.1, -0.05) is 35.9 Å². The van der Waals surface area contributed by atoms with Gasteiger partial charge in [0.1, 0.15) is 17.5 Å². The average Bonchev–Trinajstić information content (AvgIpc) is 2.61. The molecule has 1 aliphatic heterocycles. The van der Waals surface area contributed by atoms with E-state index in [0.717, 1.165) is 42.5 Å². The lowest BCUT2D eigenvalue weighted by atomic mass is 10.0. The lowest BCUT2D eigenvalue weighted by molar-refractivity contribution is 0.757. The zero-order valence-electron chi connectivity index (χ0n) is 14.0. The first kappa shape index (κ1) is 15.9. The van der Waals surface area contributed by atoms with Gasteiger partial charge in [0.05, 0.1) is 0 Å². The van der Waals surface area contributed by atoms with Crippen LogP contribution in [0.3, 0.4) is 0 Å². The first-order valence-corrected chi connectivity index (χ1v) is 8.80. The summed E-state index contributed by atoms with van der Waals surface area (Å²) in [7, 11) is 0. The molecule has 2 aromatic carbocycles. The van der Waals surface area contributed by atoms with E-state index in [9.17, 15) is 0 Å². The summed E-state index contributed by atoms with van der Waals surface area (Å²) in [6, 6.07) is 18.2. The molecule has 0 amide bonds. The van der Waals surface area contributed by atoms with Crippen molar-refractivity contribution >= 4 is 34.6 Å². The minimum Gasteiger partial charge on any atom is -0.340 e. The molecule has 0 radical (unpaired) electrons. The fourth-order valence-corrected chi connectivity index (χ4v) is 3.43. The lowest BCUT2D eigenvalue weighted by Gasteiger charge is -2.30. The highest BCUT2D eigenvalue weighted by Gasteiger charge is 2.19. The lowest BCUT2D eigenvalue weighted by Crippen LogP contribution is -2.25. The van der Waals surface area contributed by atoms with Crippen LogP contribution < -0.4 is 10.2 Å². The number of aromatic nitrogens is 2. The van der Waals surface area contributed by atoms with Crippen LogP contribution in [-0.4, -0.2) is 16.5 Å². The third-order valence-electron chi connectivity index (χ3n) is 4.31. The molecule has 0 saturated carbocycles. The van der Waals surface area contributed by atoms with Crippen LogP contribution >= 0.6 is 11.6 Å². The minimum atomic E-state index is 0.695. The van der Waals surface area contributed by atoms with Gasteiger partial charge in [0.2, 0.25) is 0 Å². The molecule has 1 N–H and O–H groups in total. The maximum atomic E-state index is 6.07. The summed E-state index contributed by atoms with van der Waals surface area (Å²) in [5.41, 5.74) is 3.52. The molecule has 25 heavy (non-hydrogen) atoms. The highest BCUT2D eigenvalue weighted by atomic mass is 35.5. The molecule has 0 aliphatic carbocycles. The molecule has 126 valence electrons. The van der Waals surface area contributed by atoms with Gasteiger partial charge in [-0.2, -0.15) is 0 Å². The van der Waals surface area contributed by atoms with E-state index in [1.165, 1.54) is 11.3 Å². The summed E-state index contributed by atoms with van der Waals surface area (Å²) in [6.07, 6.45) is 2.24. The van der Waals surface area contributed by atoms with Crippen LogP contribution in [0.25, 0.3) is 0 Å². The molecule has 0 bridgehead atoms. The third kappa shape index (κ3) is 3.44. The molecule has 0 saturated heterocycles. The van der Waals surface area contributed by atoms with E-state index in [0.29, 0.717) is 5.02 Å². The van der Waals surface area contributed by atoms with E-state index >= 15 is 0 Å². The Labute approximate surface area is 152 Å². The van der Waals surface area contributed by atoms with Gasteiger partial charge in [-0.15, -0.1) is 0 Å². The SMILES string of the molecule is Cc1nc(Nc2cccc(Cl)c2)cc(N2CCCc3ccccc32)n1. The Kier molecular flexibility index (Phi) is 4.28. The van der Waals surface area contributed by atoms with Crippen LogP contribution in [0.4, 0.5) is 23.0 Å². The number of nitrogens with zero attached hydrogens (tertiary/aromatic N) is 3. The van der Waals surface area contributed by atoms with E-state index in [-0.39, 0.29) is 0 Å². The van der Waals surface area contributed by atoms with Crippen molar-refractivity contribution < 1.29 is 0 Å². The number of hydrogen-bond donors (Lipinski definition) is 1. The van der Waals surface area contributed by atoms with E-state index in [1.807, 2.05) is 37.3 Å². The Morgan fingerprint density at radius 2 is 1.92 bits per heavy atom.